The van der Waals surface area contributed by atoms with Crippen molar-refractivity contribution >= 4 is 24.5 Å². The lowest BCUT2D eigenvalue weighted by molar-refractivity contribution is 0.590. The van der Waals surface area contributed by atoms with E-state index in [1.165, 1.54) is 27.8 Å². The number of hydrogen-bond acceptors (Lipinski definition) is 1. The van der Waals surface area contributed by atoms with Crippen molar-refractivity contribution < 1.29 is 0 Å². The topological polar surface area (TPSA) is 0 Å². The fraction of sp³-hybridized carbons (Fsp3) is 0.364. The Balaban J connectivity index is 2.02. The molecule has 0 aromatic heterocycles. The van der Waals surface area contributed by atoms with Gasteiger partial charge < -0.3 is 0 Å². The van der Waals surface area contributed by atoms with E-state index in [4.69, 9.17) is 0 Å². The fourth-order valence-electron chi connectivity index (χ4n) is 3.29. The summed E-state index contributed by atoms with van der Waals surface area (Å²) in [5.74, 6) is 0. The molecule has 24 heavy (non-hydrogen) atoms. The second-order valence-corrected chi connectivity index (χ2v) is 16.6. The summed E-state index contributed by atoms with van der Waals surface area (Å²) in [7, 11) is -1.32. The average molecular weight is 353 g/mol. The van der Waals surface area contributed by atoms with Gasteiger partial charge in [-0.15, -0.1) is 0 Å². The zero-order chi connectivity index (χ0) is 17.5. The summed E-state index contributed by atoms with van der Waals surface area (Å²) in [5, 5.41) is 1.67. The van der Waals surface area contributed by atoms with Crippen LogP contribution in [-0.2, 0) is 11.8 Å². The van der Waals surface area contributed by atoms with Gasteiger partial charge in [-0.1, -0.05) is 87.6 Å². The lowest BCUT2D eigenvalue weighted by Crippen LogP contribution is -2.24. The van der Waals surface area contributed by atoms with Gasteiger partial charge in [-0.05, 0) is 45.9 Å². The molecule has 0 aliphatic heterocycles. The molecule has 0 amide bonds. The molecule has 2 heteroatoms. The Labute approximate surface area is 152 Å². The maximum atomic E-state index is 2.49. The molecule has 0 saturated carbocycles. The zero-order valence-corrected chi connectivity index (χ0v) is 17.6. The van der Waals surface area contributed by atoms with Crippen LogP contribution in [0.3, 0.4) is 0 Å². The largest absolute Gasteiger partial charge is 0.184 e. The van der Waals surface area contributed by atoms with Gasteiger partial charge in [0.15, 0.2) is 0 Å². The van der Waals surface area contributed by atoms with Crippen molar-refractivity contribution in [1.29, 1.82) is 0 Å². The second-order valence-electron chi connectivity index (χ2n) is 8.27. The number of hydrogen-bond donors (Lipinski definition) is 0. The third kappa shape index (κ3) is 3.27. The molecule has 0 radical (unpaired) electrons. The molecule has 0 saturated heterocycles. The molecule has 0 spiro atoms. The number of benzene rings is 2. The van der Waals surface area contributed by atoms with E-state index in [0.29, 0.717) is 0 Å². The molecule has 2 aromatic rings. The SMILES string of the molecule is CS[Si](C)(C)C1=Cc2c(cccc2-c2ccc(C(C)(C)C)cc2)C1. The summed E-state index contributed by atoms with van der Waals surface area (Å²) < 4.78 is 0. The van der Waals surface area contributed by atoms with Gasteiger partial charge >= 0.3 is 0 Å². The Morgan fingerprint density at radius 3 is 2.21 bits per heavy atom. The third-order valence-corrected chi connectivity index (χ3v) is 12.0. The van der Waals surface area contributed by atoms with Gasteiger partial charge in [-0.2, -0.15) is 11.2 Å². The van der Waals surface area contributed by atoms with E-state index in [-0.39, 0.29) is 5.41 Å². The van der Waals surface area contributed by atoms with Gasteiger partial charge in [0.25, 0.3) is 0 Å². The molecule has 0 bridgehead atoms. The van der Waals surface area contributed by atoms with Gasteiger partial charge in [0.2, 0.25) is 0 Å². The highest BCUT2D eigenvalue weighted by Gasteiger charge is 2.29. The van der Waals surface area contributed by atoms with Crippen LogP contribution in [-0.4, -0.2) is 13.5 Å². The van der Waals surface area contributed by atoms with E-state index >= 15 is 0 Å². The van der Waals surface area contributed by atoms with Crippen molar-refractivity contribution in [3.8, 4) is 11.1 Å². The molecule has 0 heterocycles. The van der Waals surface area contributed by atoms with Gasteiger partial charge in [-0.3, -0.25) is 0 Å². The minimum absolute atomic E-state index is 0.207. The predicted molar refractivity (Wildman–Crippen MR) is 113 cm³/mol. The van der Waals surface area contributed by atoms with E-state index in [1.807, 2.05) is 0 Å². The summed E-state index contributed by atoms with van der Waals surface area (Å²) in [4.78, 5) is 0. The van der Waals surface area contributed by atoms with Crippen molar-refractivity contribution in [2.24, 2.45) is 0 Å². The Morgan fingerprint density at radius 2 is 1.62 bits per heavy atom. The minimum atomic E-state index is -1.32. The molecule has 0 fully saturated rings. The molecule has 2 aromatic carbocycles. The summed E-state index contributed by atoms with van der Waals surface area (Å²) >= 11 is 2.07. The maximum absolute atomic E-state index is 2.49. The van der Waals surface area contributed by atoms with Crippen molar-refractivity contribution in [1.82, 2.24) is 0 Å². The first kappa shape index (κ1) is 17.6. The molecule has 0 nitrogen and oxygen atoms in total. The number of allylic oxidation sites excluding steroid dienone is 1. The fourth-order valence-corrected chi connectivity index (χ4v) is 5.84. The molecule has 1 aliphatic rings. The lowest BCUT2D eigenvalue weighted by Gasteiger charge is -2.20. The highest BCUT2D eigenvalue weighted by atomic mass is 32.4. The Hall–Kier alpha value is -1.25. The molecule has 0 atom stereocenters. The summed E-state index contributed by atoms with van der Waals surface area (Å²) in [5.41, 5.74) is 7.27. The highest BCUT2D eigenvalue weighted by Crippen LogP contribution is 2.40. The third-order valence-electron chi connectivity index (χ3n) is 5.24. The van der Waals surface area contributed by atoms with Gasteiger partial charge in [0.1, 0.15) is 7.22 Å². The standard InChI is InChI=1S/C22H28SSi/c1-22(2,3)18-12-10-16(11-13-18)20-9-7-8-17-14-19(15-21(17)20)24(5,6)23-4/h7-13,15H,14H2,1-6H3. The van der Waals surface area contributed by atoms with Crippen LogP contribution in [0.25, 0.3) is 17.2 Å². The Kier molecular flexibility index (Phi) is 4.56. The smallest absolute Gasteiger partial charge is 0.137 e. The summed E-state index contributed by atoms with van der Waals surface area (Å²) in [6, 6.07) is 16.0. The van der Waals surface area contributed by atoms with Crippen LogP contribution in [0.15, 0.2) is 47.7 Å². The molecule has 0 N–H and O–H groups in total. The summed E-state index contributed by atoms with van der Waals surface area (Å²) in [6.45, 7) is 11.7. The predicted octanol–water partition coefficient (Wildman–Crippen LogP) is 6.70. The second kappa shape index (κ2) is 6.23. The summed E-state index contributed by atoms with van der Waals surface area (Å²) in [6.07, 6.45) is 5.90. The van der Waals surface area contributed by atoms with Gasteiger partial charge in [-0.25, -0.2) is 0 Å². The number of fused-ring (bicyclic) bond motifs is 1. The van der Waals surface area contributed by atoms with Crippen LogP contribution in [0, 0.1) is 0 Å². The minimum Gasteiger partial charge on any atom is -0.184 e. The normalized spacial score (nSPS) is 14.5. The zero-order valence-electron chi connectivity index (χ0n) is 15.7. The van der Waals surface area contributed by atoms with Crippen molar-refractivity contribution in [2.45, 2.75) is 45.7 Å². The monoisotopic (exact) mass is 352 g/mol. The van der Waals surface area contributed by atoms with Crippen molar-refractivity contribution in [3.63, 3.8) is 0 Å². The molecule has 126 valence electrons. The molecule has 3 rings (SSSR count). The van der Waals surface area contributed by atoms with E-state index in [2.05, 4.69) is 99.9 Å². The van der Waals surface area contributed by atoms with Crippen LogP contribution in [0.2, 0.25) is 13.1 Å². The Morgan fingerprint density at radius 1 is 0.958 bits per heavy atom. The van der Waals surface area contributed by atoms with Gasteiger partial charge in [0, 0.05) is 0 Å². The van der Waals surface area contributed by atoms with E-state index in [9.17, 15) is 0 Å². The highest BCUT2D eigenvalue weighted by molar-refractivity contribution is 8.29. The first-order valence-electron chi connectivity index (χ1n) is 8.71. The molecule has 1 aliphatic carbocycles. The van der Waals surface area contributed by atoms with E-state index in [1.54, 1.807) is 5.20 Å². The quantitative estimate of drug-likeness (QED) is 0.554. The lowest BCUT2D eigenvalue weighted by atomic mass is 9.86. The first-order valence-corrected chi connectivity index (χ1v) is 13.7. The van der Waals surface area contributed by atoms with E-state index < -0.39 is 7.22 Å². The van der Waals surface area contributed by atoms with E-state index in [0.717, 1.165) is 6.42 Å². The Bertz CT molecular complexity index is 777. The molecule has 0 unspecified atom stereocenters. The van der Waals surface area contributed by atoms with Crippen molar-refractivity contribution in [3.05, 3.63) is 64.4 Å². The van der Waals surface area contributed by atoms with Crippen LogP contribution in [0.1, 0.15) is 37.5 Å². The molecular formula is C22H28SSi. The maximum Gasteiger partial charge on any atom is 0.137 e. The average Bonchev–Trinajstić information content (AvgIpc) is 2.99. The van der Waals surface area contributed by atoms with Crippen molar-refractivity contribution in [2.75, 3.05) is 6.26 Å². The first-order chi connectivity index (χ1) is 11.2. The van der Waals surface area contributed by atoms with Crippen LogP contribution in [0.4, 0.5) is 0 Å². The van der Waals surface area contributed by atoms with Crippen LogP contribution < -0.4 is 0 Å². The van der Waals surface area contributed by atoms with Crippen LogP contribution >= 0.6 is 11.2 Å². The number of rotatable bonds is 3. The molecular weight excluding hydrogens is 324 g/mol. The van der Waals surface area contributed by atoms with Crippen LogP contribution in [0.5, 0.6) is 0 Å². The van der Waals surface area contributed by atoms with Gasteiger partial charge in [0.05, 0.1) is 0 Å².